The van der Waals surface area contributed by atoms with Crippen LogP contribution in [0, 0.1) is 0 Å². The minimum atomic E-state index is 0.0849. The highest BCUT2D eigenvalue weighted by Gasteiger charge is 2.23. The van der Waals surface area contributed by atoms with Crippen LogP contribution in [0.5, 0.6) is 0 Å². The van der Waals surface area contributed by atoms with Gasteiger partial charge in [-0.25, -0.2) is 4.79 Å². The fourth-order valence-electron chi connectivity index (χ4n) is 1.94. The molecule has 3 amide bonds. The average molecular weight is 241 g/mol. The van der Waals surface area contributed by atoms with Gasteiger partial charge in [-0.1, -0.05) is 13.3 Å². The molecule has 0 radical (unpaired) electrons. The van der Waals surface area contributed by atoms with Crippen LogP contribution in [0.3, 0.4) is 0 Å². The number of hydrogen-bond acceptors (Lipinski definition) is 2. The van der Waals surface area contributed by atoms with Crippen molar-refractivity contribution >= 4 is 11.9 Å². The standard InChI is InChI=1S/C12H23N3O2/c1-4-5-6-13(3)12(17)15-9-7-14(8-10-15)11(2)16/h4-10H2,1-3H3. The molecular weight excluding hydrogens is 218 g/mol. The first-order chi connectivity index (χ1) is 8.06. The zero-order chi connectivity index (χ0) is 12.8. The fourth-order valence-corrected chi connectivity index (χ4v) is 1.94. The summed E-state index contributed by atoms with van der Waals surface area (Å²) >= 11 is 0. The fraction of sp³-hybridized carbons (Fsp3) is 0.833. The lowest BCUT2D eigenvalue weighted by atomic mass is 10.3. The maximum absolute atomic E-state index is 12.0. The zero-order valence-corrected chi connectivity index (χ0v) is 11.1. The number of hydrogen-bond donors (Lipinski definition) is 0. The lowest BCUT2D eigenvalue weighted by molar-refractivity contribution is -0.130. The molecule has 98 valence electrons. The highest BCUT2D eigenvalue weighted by atomic mass is 16.2. The van der Waals surface area contributed by atoms with Crippen LogP contribution in [0.25, 0.3) is 0 Å². The van der Waals surface area contributed by atoms with Gasteiger partial charge in [0.1, 0.15) is 0 Å². The van der Waals surface area contributed by atoms with Crippen LogP contribution < -0.4 is 0 Å². The van der Waals surface area contributed by atoms with Gasteiger partial charge in [-0.15, -0.1) is 0 Å². The first-order valence-electron chi connectivity index (χ1n) is 6.31. The Morgan fingerprint density at radius 1 is 1.12 bits per heavy atom. The highest BCUT2D eigenvalue weighted by molar-refractivity contribution is 5.76. The molecule has 0 bridgehead atoms. The minimum absolute atomic E-state index is 0.0849. The van der Waals surface area contributed by atoms with Crippen molar-refractivity contribution in [1.29, 1.82) is 0 Å². The van der Waals surface area contributed by atoms with E-state index in [0.29, 0.717) is 26.2 Å². The summed E-state index contributed by atoms with van der Waals surface area (Å²) < 4.78 is 0. The Hall–Kier alpha value is -1.26. The van der Waals surface area contributed by atoms with Gasteiger partial charge in [0.25, 0.3) is 0 Å². The quantitative estimate of drug-likeness (QED) is 0.740. The van der Waals surface area contributed by atoms with Crippen molar-refractivity contribution < 1.29 is 9.59 Å². The third-order valence-electron chi connectivity index (χ3n) is 3.17. The van der Waals surface area contributed by atoms with Gasteiger partial charge in [-0.2, -0.15) is 0 Å². The first-order valence-corrected chi connectivity index (χ1v) is 6.31. The van der Waals surface area contributed by atoms with E-state index in [0.717, 1.165) is 19.4 Å². The SMILES string of the molecule is CCCCN(C)C(=O)N1CCN(C(C)=O)CC1. The Labute approximate surface area is 103 Å². The summed E-state index contributed by atoms with van der Waals surface area (Å²) in [4.78, 5) is 28.6. The van der Waals surface area contributed by atoms with Gasteiger partial charge in [0.05, 0.1) is 0 Å². The Balaban J connectivity index is 2.37. The van der Waals surface area contributed by atoms with Crippen molar-refractivity contribution in [3.8, 4) is 0 Å². The predicted molar refractivity (Wildman–Crippen MR) is 66.8 cm³/mol. The van der Waals surface area contributed by atoms with Crippen LogP contribution in [-0.4, -0.2) is 66.4 Å². The van der Waals surface area contributed by atoms with E-state index in [9.17, 15) is 9.59 Å². The van der Waals surface area contributed by atoms with Crippen molar-refractivity contribution in [2.75, 3.05) is 39.8 Å². The van der Waals surface area contributed by atoms with Crippen molar-refractivity contribution in [2.24, 2.45) is 0 Å². The lowest BCUT2D eigenvalue weighted by Gasteiger charge is -2.36. The number of carbonyl (C=O) groups is 2. The van der Waals surface area contributed by atoms with Crippen LogP contribution in [0.15, 0.2) is 0 Å². The third kappa shape index (κ3) is 3.91. The number of nitrogens with zero attached hydrogens (tertiary/aromatic N) is 3. The van der Waals surface area contributed by atoms with E-state index in [2.05, 4.69) is 6.92 Å². The Morgan fingerprint density at radius 2 is 1.65 bits per heavy atom. The molecule has 1 saturated heterocycles. The van der Waals surface area contributed by atoms with Gasteiger partial charge in [-0.05, 0) is 6.42 Å². The molecule has 17 heavy (non-hydrogen) atoms. The number of amides is 3. The highest BCUT2D eigenvalue weighted by Crippen LogP contribution is 2.05. The van der Waals surface area contributed by atoms with Crippen LogP contribution >= 0.6 is 0 Å². The summed E-state index contributed by atoms with van der Waals surface area (Å²) in [6.45, 7) is 7.10. The lowest BCUT2D eigenvalue weighted by Crippen LogP contribution is -2.53. The van der Waals surface area contributed by atoms with Crippen LogP contribution in [0.1, 0.15) is 26.7 Å². The molecule has 1 aliphatic rings. The summed E-state index contributed by atoms with van der Waals surface area (Å²) in [6.07, 6.45) is 2.13. The molecule has 1 fully saturated rings. The number of rotatable bonds is 3. The molecule has 0 N–H and O–H groups in total. The summed E-state index contributed by atoms with van der Waals surface area (Å²) in [5.41, 5.74) is 0. The average Bonchev–Trinajstić information content (AvgIpc) is 2.35. The molecule has 1 rings (SSSR count). The molecule has 0 aromatic carbocycles. The summed E-state index contributed by atoms with van der Waals surface area (Å²) in [5, 5.41) is 0. The molecular formula is C12H23N3O2. The van der Waals surface area contributed by atoms with Gasteiger partial charge in [0, 0.05) is 46.7 Å². The zero-order valence-electron chi connectivity index (χ0n) is 11.1. The molecule has 0 unspecified atom stereocenters. The molecule has 1 aliphatic heterocycles. The van der Waals surface area contributed by atoms with Gasteiger partial charge in [0.2, 0.25) is 5.91 Å². The van der Waals surface area contributed by atoms with Gasteiger partial charge >= 0.3 is 6.03 Å². The summed E-state index contributed by atoms with van der Waals surface area (Å²) in [6, 6.07) is 0.0849. The molecule has 0 atom stereocenters. The topological polar surface area (TPSA) is 43.9 Å². The number of carbonyl (C=O) groups excluding carboxylic acids is 2. The monoisotopic (exact) mass is 241 g/mol. The number of urea groups is 1. The maximum Gasteiger partial charge on any atom is 0.319 e. The number of unbranched alkanes of at least 4 members (excludes halogenated alkanes) is 1. The summed E-state index contributed by atoms with van der Waals surface area (Å²) in [7, 11) is 1.84. The molecule has 0 saturated carbocycles. The first kappa shape index (κ1) is 13.8. The Bertz CT molecular complexity index is 273. The van der Waals surface area contributed by atoms with Crippen molar-refractivity contribution in [2.45, 2.75) is 26.7 Å². The van der Waals surface area contributed by atoms with E-state index < -0.39 is 0 Å². The smallest absolute Gasteiger partial charge is 0.319 e. The largest absolute Gasteiger partial charge is 0.339 e. The van der Waals surface area contributed by atoms with E-state index >= 15 is 0 Å². The molecule has 1 heterocycles. The summed E-state index contributed by atoms with van der Waals surface area (Å²) in [5.74, 6) is 0.0939. The van der Waals surface area contributed by atoms with Crippen molar-refractivity contribution in [3.05, 3.63) is 0 Å². The second-order valence-electron chi connectivity index (χ2n) is 4.55. The van der Waals surface area contributed by atoms with Crippen LogP contribution in [0.4, 0.5) is 4.79 Å². The van der Waals surface area contributed by atoms with Gasteiger partial charge in [0.15, 0.2) is 0 Å². The number of piperazine rings is 1. The van der Waals surface area contributed by atoms with Crippen molar-refractivity contribution in [3.63, 3.8) is 0 Å². The minimum Gasteiger partial charge on any atom is -0.339 e. The van der Waals surface area contributed by atoms with E-state index in [1.54, 1.807) is 16.7 Å². The van der Waals surface area contributed by atoms with Crippen molar-refractivity contribution in [1.82, 2.24) is 14.7 Å². The van der Waals surface area contributed by atoms with E-state index in [-0.39, 0.29) is 11.9 Å². The molecule has 0 aromatic rings. The molecule has 0 aliphatic carbocycles. The molecule has 5 heteroatoms. The molecule has 0 spiro atoms. The van der Waals surface area contributed by atoms with E-state index in [1.165, 1.54) is 0 Å². The maximum atomic E-state index is 12.0. The van der Waals surface area contributed by atoms with Crippen LogP contribution in [0.2, 0.25) is 0 Å². The molecule has 0 aromatic heterocycles. The Morgan fingerprint density at radius 3 is 2.12 bits per heavy atom. The molecule has 5 nitrogen and oxygen atoms in total. The van der Waals surface area contributed by atoms with E-state index in [1.807, 2.05) is 11.9 Å². The normalized spacial score (nSPS) is 15.9. The van der Waals surface area contributed by atoms with E-state index in [4.69, 9.17) is 0 Å². The van der Waals surface area contributed by atoms with Gasteiger partial charge in [-0.3, -0.25) is 4.79 Å². The second kappa shape index (κ2) is 6.47. The Kier molecular flexibility index (Phi) is 5.25. The predicted octanol–water partition coefficient (Wildman–Crippen LogP) is 1.00. The van der Waals surface area contributed by atoms with Gasteiger partial charge < -0.3 is 14.7 Å². The second-order valence-corrected chi connectivity index (χ2v) is 4.55. The van der Waals surface area contributed by atoms with Crippen LogP contribution in [-0.2, 0) is 4.79 Å². The third-order valence-corrected chi connectivity index (χ3v) is 3.17.